The van der Waals surface area contributed by atoms with E-state index in [1.165, 1.54) is 0 Å². The van der Waals surface area contributed by atoms with Crippen molar-refractivity contribution in [1.29, 1.82) is 0 Å². The minimum absolute atomic E-state index is 0.0185. The summed E-state index contributed by atoms with van der Waals surface area (Å²) in [5, 5.41) is 5.30. The second-order valence-corrected chi connectivity index (χ2v) is 7.83. The smallest absolute Gasteiger partial charge is 0.259 e. The second-order valence-electron chi connectivity index (χ2n) is 7.39. The molecular weight excluding hydrogens is 402 g/mol. The Bertz CT molecular complexity index is 1170. The van der Waals surface area contributed by atoms with Crippen molar-refractivity contribution in [3.05, 3.63) is 70.8 Å². The summed E-state index contributed by atoms with van der Waals surface area (Å²) in [7, 11) is 1.81. The number of carbonyl (C=O) groups is 1. The number of hydrogen-bond donors (Lipinski definition) is 0. The molecule has 0 N–H and O–H groups in total. The third kappa shape index (κ3) is 3.96. The Morgan fingerprint density at radius 1 is 1.23 bits per heavy atom. The van der Waals surface area contributed by atoms with E-state index in [1.807, 2.05) is 45.2 Å². The van der Waals surface area contributed by atoms with Gasteiger partial charge in [0.2, 0.25) is 0 Å². The standard InChI is InChI=1S/C23H22ClN3O3/c1-14(6-11-18-5-4-12-29-18)27(3)23(28)19-13-20(16-7-9-17(24)10-8-16)25-22-21(19)15(2)26-30-22/h4-5,7-10,12-14H,6,11H2,1-3H3/t14-/m0/s1. The molecule has 1 aromatic carbocycles. The monoisotopic (exact) mass is 423 g/mol. The molecule has 3 aromatic heterocycles. The van der Waals surface area contributed by atoms with Crippen LogP contribution in [0.25, 0.3) is 22.4 Å². The lowest BCUT2D eigenvalue weighted by molar-refractivity contribution is 0.0738. The van der Waals surface area contributed by atoms with Gasteiger partial charge >= 0.3 is 0 Å². The number of aromatic nitrogens is 2. The third-order valence-electron chi connectivity index (χ3n) is 5.36. The highest BCUT2D eigenvalue weighted by molar-refractivity contribution is 6.30. The van der Waals surface area contributed by atoms with Gasteiger partial charge in [0.25, 0.3) is 11.6 Å². The average molecular weight is 424 g/mol. The Balaban J connectivity index is 1.66. The lowest BCUT2D eigenvalue weighted by atomic mass is 10.0. The maximum Gasteiger partial charge on any atom is 0.259 e. The number of hydrogen-bond acceptors (Lipinski definition) is 5. The van der Waals surface area contributed by atoms with Gasteiger partial charge in [-0.25, -0.2) is 4.98 Å². The van der Waals surface area contributed by atoms with Crippen molar-refractivity contribution in [2.24, 2.45) is 0 Å². The van der Waals surface area contributed by atoms with E-state index in [9.17, 15) is 4.79 Å². The molecule has 154 valence electrons. The number of fused-ring (bicyclic) bond motifs is 1. The summed E-state index contributed by atoms with van der Waals surface area (Å²) in [4.78, 5) is 19.7. The number of rotatable bonds is 6. The van der Waals surface area contributed by atoms with Gasteiger partial charge in [-0.1, -0.05) is 28.9 Å². The van der Waals surface area contributed by atoms with Crippen LogP contribution >= 0.6 is 11.6 Å². The number of halogens is 1. The highest BCUT2D eigenvalue weighted by atomic mass is 35.5. The van der Waals surface area contributed by atoms with Gasteiger partial charge in [-0.2, -0.15) is 0 Å². The number of nitrogens with zero attached hydrogens (tertiary/aromatic N) is 3. The summed E-state index contributed by atoms with van der Waals surface area (Å²) in [5.41, 5.74) is 2.99. The van der Waals surface area contributed by atoms with Crippen LogP contribution in [0.4, 0.5) is 0 Å². The first-order valence-electron chi connectivity index (χ1n) is 9.76. The van der Waals surface area contributed by atoms with E-state index >= 15 is 0 Å². The van der Waals surface area contributed by atoms with Gasteiger partial charge in [-0.05, 0) is 50.6 Å². The van der Waals surface area contributed by atoms with E-state index < -0.39 is 0 Å². The first-order chi connectivity index (χ1) is 14.4. The highest BCUT2D eigenvalue weighted by Gasteiger charge is 2.24. The largest absolute Gasteiger partial charge is 0.469 e. The minimum Gasteiger partial charge on any atom is -0.469 e. The fraction of sp³-hybridized carbons (Fsp3) is 0.261. The van der Waals surface area contributed by atoms with Crippen molar-refractivity contribution in [3.63, 3.8) is 0 Å². The molecule has 0 spiro atoms. The Kier molecular flexibility index (Phi) is 5.59. The zero-order valence-electron chi connectivity index (χ0n) is 17.1. The van der Waals surface area contributed by atoms with Crippen LogP contribution in [0.5, 0.6) is 0 Å². The second kappa shape index (κ2) is 8.32. The summed E-state index contributed by atoms with van der Waals surface area (Å²) in [6, 6.07) is 12.9. The topological polar surface area (TPSA) is 72.4 Å². The van der Waals surface area contributed by atoms with E-state index in [0.29, 0.717) is 33.1 Å². The Morgan fingerprint density at radius 3 is 2.70 bits per heavy atom. The zero-order valence-corrected chi connectivity index (χ0v) is 17.8. The Morgan fingerprint density at radius 2 is 2.00 bits per heavy atom. The molecule has 0 aliphatic rings. The Labute approximate surface area is 179 Å². The minimum atomic E-state index is -0.101. The van der Waals surface area contributed by atoms with Crippen LogP contribution in [-0.4, -0.2) is 34.0 Å². The molecule has 0 bridgehead atoms. The molecule has 30 heavy (non-hydrogen) atoms. The molecule has 0 saturated carbocycles. The molecule has 0 aliphatic carbocycles. The van der Waals surface area contributed by atoms with Crippen molar-refractivity contribution in [1.82, 2.24) is 15.0 Å². The van der Waals surface area contributed by atoms with Crippen LogP contribution < -0.4 is 0 Å². The summed E-state index contributed by atoms with van der Waals surface area (Å²) < 4.78 is 10.8. The van der Waals surface area contributed by atoms with Crippen molar-refractivity contribution in [3.8, 4) is 11.3 Å². The number of amides is 1. The average Bonchev–Trinajstić information content (AvgIpc) is 3.41. The molecule has 0 saturated heterocycles. The number of benzene rings is 1. The van der Waals surface area contributed by atoms with Gasteiger partial charge < -0.3 is 13.8 Å². The van der Waals surface area contributed by atoms with Crippen molar-refractivity contribution >= 4 is 28.6 Å². The molecule has 4 rings (SSSR count). The number of pyridine rings is 1. The lowest BCUT2D eigenvalue weighted by Crippen LogP contribution is -2.35. The predicted octanol–water partition coefficient (Wildman–Crippen LogP) is 5.54. The molecular formula is C23H22ClN3O3. The summed E-state index contributed by atoms with van der Waals surface area (Å²) in [6.07, 6.45) is 3.21. The first kappa shape index (κ1) is 20.2. The summed E-state index contributed by atoms with van der Waals surface area (Å²) in [6.45, 7) is 3.84. The van der Waals surface area contributed by atoms with E-state index in [4.69, 9.17) is 20.5 Å². The van der Waals surface area contributed by atoms with Gasteiger partial charge in [0.05, 0.1) is 28.6 Å². The van der Waals surface area contributed by atoms with Crippen molar-refractivity contribution < 1.29 is 13.7 Å². The molecule has 0 aliphatic heterocycles. The fourth-order valence-electron chi connectivity index (χ4n) is 3.42. The van der Waals surface area contributed by atoms with Crippen LogP contribution in [0.15, 0.2) is 57.7 Å². The van der Waals surface area contributed by atoms with Crippen LogP contribution in [0.1, 0.15) is 35.2 Å². The fourth-order valence-corrected chi connectivity index (χ4v) is 3.55. The van der Waals surface area contributed by atoms with E-state index in [1.54, 1.807) is 29.4 Å². The van der Waals surface area contributed by atoms with Crippen molar-refractivity contribution in [2.75, 3.05) is 7.05 Å². The van der Waals surface area contributed by atoms with Gasteiger partial charge in [-0.3, -0.25) is 4.79 Å². The molecule has 0 radical (unpaired) electrons. The molecule has 6 nitrogen and oxygen atoms in total. The molecule has 0 unspecified atom stereocenters. The summed E-state index contributed by atoms with van der Waals surface area (Å²) in [5.74, 6) is 0.810. The number of carbonyl (C=O) groups excluding carboxylic acids is 1. The quantitative estimate of drug-likeness (QED) is 0.407. The summed E-state index contributed by atoms with van der Waals surface area (Å²) >= 11 is 6.01. The van der Waals surface area contributed by atoms with Gasteiger partial charge in [0, 0.05) is 30.1 Å². The van der Waals surface area contributed by atoms with Gasteiger partial charge in [0.15, 0.2) is 0 Å². The van der Waals surface area contributed by atoms with Crippen LogP contribution in [0.2, 0.25) is 5.02 Å². The highest BCUT2D eigenvalue weighted by Crippen LogP contribution is 2.29. The lowest BCUT2D eigenvalue weighted by Gasteiger charge is -2.25. The van der Waals surface area contributed by atoms with E-state index in [0.717, 1.165) is 24.2 Å². The van der Waals surface area contributed by atoms with E-state index in [-0.39, 0.29) is 11.9 Å². The SMILES string of the molecule is Cc1noc2nc(-c3ccc(Cl)cc3)cc(C(=O)N(C)[C@@H](C)CCc3ccco3)c12. The molecule has 7 heteroatoms. The normalized spacial score (nSPS) is 12.3. The molecule has 4 aromatic rings. The maximum absolute atomic E-state index is 13.4. The Hall–Kier alpha value is -3.12. The first-order valence-corrected chi connectivity index (χ1v) is 10.1. The third-order valence-corrected chi connectivity index (χ3v) is 5.61. The number of aryl methyl sites for hydroxylation is 2. The molecule has 3 heterocycles. The van der Waals surface area contributed by atoms with E-state index in [2.05, 4.69) is 10.1 Å². The van der Waals surface area contributed by atoms with Gasteiger partial charge in [-0.15, -0.1) is 0 Å². The van der Waals surface area contributed by atoms with Crippen LogP contribution in [0, 0.1) is 6.92 Å². The number of furan rings is 1. The zero-order chi connectivity index (χ0) is 21.3. The van der Waals surface area contributed by atoms with Gasteiger partial charge in [0.1, 0.15) is 5.76 Å². The molecule has 1 atom stereocenters. The van der Waals surface area contributed by atoms with Crippen LogP contribution in [0.3, 0.4) is 0 Å². The molecule has 1 amide bonds. The predicted molar refractivity (Wildman–Crippen MR) is 116 cm³/mol. The van der Waals surface area contributed by atoms with Crippen molar-refractivity contribution in [2.45, 2.75) is 32.7 Å². The maximum atomic E-state index is 13.4. The van der Waals surface area contributed by atoms with Crippen LogP contribution in [-0.2, 0) is 6.42 Å². The molecule has 0 fully saturated rings.